The number of nitrogens with zero attached hydrogens (tertiary/aromatic N) is 1. The molecule has 3 aromatic rings. The molecule has 2 amide bonds. The minimum atomic E-state index is -4.22. The first kappa shape index (κ1) is 23.8. The van der Waals surface area contributed by atoms with Crippen molar-refractivity contribution >= 4 is 44.8 Å². The Hall–Kier alpha value is -3.30. The Bertz CT molecular complexity index is 1380. The fourth-order valence-electron chi connectivity index (χ4n) is 3.89. The highest BCUT2D eigenvalue weighted by molar-refractivity contribution is 7.93. The van der Waals surface area contributed by atoms with Gasteiger partial charge in [0.05, 0.1) is 29.2 Å². The van der Waals surface area contributed by atoms with Crippen molar-refractivity contribution in [1.82, 2.24) is 5.32 Å². The van der Waals surface area contributed by atoms with Gasteiger partial charge in [0.1, 0.15) is 17.6 Å². The molecular formula is C24H24ClN3O5S. The second-order valence-corrected chi connectivity index (χ2v) is 10.4. The van der Waals surface area contributed by atoms with Gasteiger partial charge in [-0.1, -0.05) is 23.7 Å². The van der Waals surface area contributed by atoms with Crippen LogP contribution in [0, 0.1) is 20.8 Å². The number of sulfonamides is 1. The van der Waals surface area contributed by atoms with Crippen molar-refractivity contribution in [2.24, 2.45) is 0 Å². The van der Waals surface area contributed by atoms with Gasteiger partial charge in [0.25, 0.3) is 10.0 Å². The van der Waals surface area contributed by atoms with Crippen LogP contribution in [0.3, 0.4) is 0 Å². The van der Waals surface area contributed by atoms with Crippen LogP contribution in [0.25, 0.3) is 0 Å². The molecule has 0 spiro atoms. The molecule has 2 heterocycles. The van der Waals surface area contributed by atoms with Gasteiger partial charge < -0.3 is 15.1 Å². The van der Waals surface area contributed by atoms with Crippen molar-refractivity contribution in [3.05, 3.63) is 76.2 Å². The predicted molar refractivity (Wildman–Crippen MR) is 129 cm³/mol. The molecule has 2 aromatic carbocycles. The molecule has 2 N–H and O–H groups in total. The Kier molecular flexibility index (Phi) is 6.42. The summed E-state index contributed by atoms with van der Waals surface area (Å²) < 4.78 is 34.3. The summed E-state index contributed by atoms with van der Waals surface area (Å²) in [7, 11) is -4.22. The lowest BCUT2D eigenvalue weighted by atomic mass is 10.1. The zero-order valence-electron chi connectivity index (χ0n) is 18.9. The SMILES string of the molecule is Cc1ccc(CNC(=O)CC2C(=O)Nc3ccccc3N2S(=O)(=O)c2cc(C)c(Cl)cc2C)o1. The number of para-hydroxylation sites is 2. The Morgan fingerprint density at radius 2 is 1.85 bits per heavy atom. The number of aryl methyl sites for hydroxylation is 3. The van der Waals surface area contributed by atoms with Crippen molar-refractivity contribution < 1.29 is 22.4 Å². The molecule has 0 fully saturated rings. The van der Waals surface area contributed by atoms with Crippen LogP contribution in [-0.2, 0) is 26.2 Å². The van der Waals surface area contributed by atoms with Crippen LogP contribution in [0.5, 0.6) is 0 Å². The number of nitrogens with one attached hydrogen (secondary N) is 2. The highest BCUT2D eigenvalue weighted by Crippen LogP contribution is 2.38. The monoisotopic (exact) mass is 501 g/mol. The number of fused-ring (bicyclic) bond motifs is 1. The normalized spacial score (nSPS) is 15.6. The first-order valence-corrected chi connectivity index (χ1v) is 12.4. The van der Waals surface area contributed by atoms with E-state index in [-0.39, 0.29) is 23.5 Å². The third kappa shape index (κ3) is 4.53. The number of rotatable bonds is 6. The topological polar surface area (TPSA) is 109 Å². The van der Waals surface area contributed by atoms with Gasteiger partial charge in [0.15, 0.2) is 0 Å². The minimum absolute atomic E-state index is 0.0235. The van der Waals surface area contributed by atoms with Crippen LogP contribution >= 0.6 is 11.6 Å². The molecule has 0 radical (unpaired) electrons. The van der Waals surface area contributed by atoms with E-state index in [1.807, 2.05) is 0 Å². The van der Waals surface area contributed by atoms with Crippen LogP contribution in [0.15, 0.2) is 57.8 Å². The molecule has 0 saturated carbocycles. The molecule has 0 bridgehead atoms. The molecule has 1 aromatic heterocycles. The first-order chi connectivity index (χ1) is 16.1. The van der Waals surface area contributed by atoms with E-state index in [2.05, 4.69) is 10.6 Å². The molecule has 0 saturated heterocycles. The van der Waals surface area contributed by atoms with Crippen LogP contribution < -0.4 is 14.9 Å². The fraction of sp³-hybridized carbons (Fsp3) is 0.250. The highest BCUT2D eigenvalue weighted by Gasteiger charge is 2.42. The summed E-state index contributed by atoms with van der Waals surface area (Å²) in [5.41, 5.74) is 1.66. The van der Waals surface area contributed by atoms with Crippen molar-refractivity contribution in [3.63, 3.8) is 0 Å². The quantitative estimate of drug-likeness (QED) is 0.529. The lowest BCUT2D eigenvalue weighted by Gasteiger charge is -2.37. The lowest BCUT2D eigenvalue weighted by Crippen LogP contribution is -2.52. The van der Waals surface area contributed by atoms with E-state index >= 15 is 0 Å². The molecule has 4 rings (SSSR count). The maximum atomic E-state index is 13.9. The molecule has 0 aliphatic carbocycles. The average Bonchev–Trinajstić information content (AvgIpc) is 3.20. The van der Waals surface area contributed by atoms with E-state index in [9.17, 15) is 18.0 Å². The van der Waals surface area contributed by atoms with Crippen molar-refractivity contribution in [2.75, 3.05) is 9.62 Å². The van der Waals surface area contributed by atoms with Gasteiger partial charge >= 0.3 is 0 Å². The van der Waals surface area contributed by atoms with E-state index in [1.165, 1.54) is 6.07 Å². The van der Waals surface area contributed by atoms with E-state index in [1.54, 1.807) is 63.2 Å². The Balaban J connectivity index is 1.71. The van der Waals surface area contributed by atoms with E-state index in [0.717, 1.165) is 4.31 Å². The minimum Gasteiger partial charge on any atom is -0.465 e. The smallest absolute Gasteiger partial charge is 0.265 e. The summed E-state index contributed by atoms with van der Waals surface area (Å²) in [6.45, 7) is 5.26. The summed E-state index contributed by atoms with van der Waals surface area (Å²) in [4.78, 5) is 25.8. The second-order valence-electron chi connectivity index (χ2n) is 8.18. The number of halogens is 1. The maximum absolute atomic E-state index is 13.9. The van der Waals surface area contributed by atoms with Crippen molar-refractivity contribution in [1.29, 1.82) is 0 Å². The van der Waals surface area contributed by atoms with Gasteiger partial charge in [-0.15, -0.1) is 0 Å². The molecule has 178 valence electrons. The maximum Gasteiger partial charge on any atom is 0.265 e. The number of hydrogen-bond acceptors (Lipinski definition) is 5. The van der Waals surface area contributed by atoms with E-state index in [0.29, 0.717) is 33.4 Å². The Labute approximate surface area is 203 Å². The standard InChI is InChI=1S/C24H24ClN3O5S/c1-14-11-22(15(2)10-18(14)25)34(31,32)28-20-7-5-4-6-19(20)27-24(30)21(28)12-23(29)26-13-17-9-8-16(3)33-17/h4-11,21H,12-13H2,1-3H3,(H,26,29)(H,27,30). The van der Waals surface area contributed by atoms with Crippen LogP contribution in [0.1, 0.15) is 29.1 Å². The summed E-state index contributed by atoms with van der Waals surface area (Å²) in [6, 6.07) is 11.9. The number of benzene rings is 2. The van der Waals surface area contributed by atoms with E-state index < -0.39 is 27.9 Å². The predicted octanol–water partition coefficient (Wildman–Crippen LogP) is 4.08. The first-order valence-electron chi connectivity index (χ1n) is 10.6. The third-order valence-electron chi connectivity index (χ3n) is 5.61. The molecule has 1 aliphatic heterocycles. The molecule has 1 unspecified atom stereocenters. The number of hydrogen-bond donors (Lipinski definition) is 2. The van der Waals surface area contributed by atoms with Crippen molar-refractivity contribution in [3.8, 4) is 0 Å². The molecular weight excluding hydrogens is 478 g/mol. The number of anilines is 2. The number of furan rings is 1. The summed E-state index contributed by atoms with van der Waals surface area (Å²) in [6.07, 6.45) is -0.370. The van der Waals surface area contributed by atoms with Gasteiger partial charge in [-0.05, 0) is 68.3 Å². The third-order valence-corrected chi connectivity index (χ3v) is 7.98. The number of amides is 2. The highest BCUT2D eigenvalue weighted by atomic mass is 35.5. The van der Waals surface area contributed by atoms with Gasteiger partial charge in [-0.2, -0.15) is 0 Å². The molecule has 34 heavy (non-hydrogen) atoms. The van der Waals surface area contributed by atoms with Crippen LogP contribution in [0.4, 0.5) is 11.4 Å². The number of carbonyl (C=O) groups is 2. The molecule has 1 aliphatic rings. The van der Waals surface area contributed by atoms with Crippen LogP contribution in [-0.4, -0.2) is 26.3 Å². The van der Waals surface area contributed by atoms with Gasteiger partial charge in [0.2, 0.25) is 11.8 Å². The largest absolute Gasteiger partial charge is 0.465 e. The van der Waals surface area contributed by atoms with E-state index in [4.69, 9.17) is 16.0 Å². The zero-order chi connectivity index (χ0) is 24.6. The molecule has 8 nitrogen and oxygen atoms in total. The summed E-state index contributed by atoms with van der Waals surface area (Å²) >= 11 is 6.18. The van der Waals surface area contributed by atoms with Gasteiger partial charge in [-0.3, -0.25) is 13.9 Å². The zero-order valence-corrected chi connectivity index (χ0v) is 20.5. The number of carbonyl (C=O) groups excluding carboxylic acids is 2. The Morgan fingerprint density at radius 1 is 1.12 bits per heavy atom. The second kappa shape index (κ2) is 9.15. The summed E-state index contributed by atoms with van der Waals surface area (Å²) in [5, 5.41) is 5.85. The Morgan fingerprint density at radius 3 is 2.56 bits per heavy atom. The van der Waals surface area contributed by atoms with Gasteiger partial charge in [0, 0.05) is 5.02 Å². The van der Waals surface area contributed by atoms with Crippen molar-refractivity contribution in [2.45, 2.75) is 44.7 Å². The summed E-state index contributed by atoms with van der Waals surface area (Å²) in [5.74, 6) is 0.187. The molecule has 10 heteroatoms. The average molecular weight is 502 g/mol. The van der Waals surface area contributed by atoms with Crippen LogP contribution in [0.2, 0.25) is 5.02 Å². The molecule has 1 atom stereocenters. The fourth-order valence-corrected chi connectivity index (χ4v) is 6.03. The van der Waals surface area contributed by atoms with Gasteiger partial charge in [-0.25, -0.2) is 8.42 Å². The lowest BCUT2D eigenvalue weighted by molar-refractivity contribution is -0.125.